The van der Waals surface area contributed by atoms with E-state index < -0.39 is 0 Å². The molecule has 0 aliphatic rings. The first-order valence-electron chi connectivity index (χ1n) is 5.08. The molecule has 1 N–H and O–H groups in total. The normalized spacial score (nSPS) is 11.9. The van der Waals surface area contributed by atoms with E-state index >= 15 is 0 Å². The predicted molar refractivity (Wildman–Crippen MR) is 58.6 cm³/mol. The zero-order valence-corrected chi connectivity index (χ0v) is 9.27. The number of benzene rings is 1. The summed E-state index contributed by atoms with van der Waals surface area (Å²) in [6.07, 6.45) is 1.23. The van der Waals surface area contributed by atoms with Crippen LogP contribution in [0.25, 0.3) is 0 Å². The Balaban J connectivity index is 2.79. The molecule has 1 aromatic rings. The van der Waals surface area contributed by atoms with Gasteiger partial charge in [-0.1, -0.05) is 13.8 Å². The second kappa shape index (κ2) is 5.30. The van der Waals surface area contributed by atoms with Crippen molar-refractivity contribution in [3.8, 4) is 11.5 Å². The first kappa shape index (κ1) is 12.2. The van der Waals surface area contributed by atoms with Crippen LogP contribution in [0.1, 0.15) is 30.6 Å². The minimum Gasteiger partial charge on any atom is -0.507 e. The molecule has 16 heavy (non-hydrogen) atoms. The van der Waals surface area contributed by atoms with Gasteiger partial charge >= 0.3 is 5.97 Å². The summed E-state index contributed by atoms with van der Waals surface area (Å²) in [5.41, 5.74) is 0.170. The van der Waals surface area contributed by atoms with Crippen LogP contribution < -0.4 is 4.74 Å². The zero-order valence-electron chi connectivity index (χ0n) is 9.27. The van der Waals surface area contributed by atoms with Crippen molar-refractivity contribution < 1.29 is 19.4 Å². The summed E-state index contributed by atoms with van der Waals surface area (Å²) in [4.78, 5) is 21.9. The van der Waals surface area contributed by atoms with E-state index in [-0.39, 0.29) is 28.9 Å². The van der Waals surface area contributed by atoms with Crippen LogP contribution in [0.5, 0.6) is 11.5 Å². The molecular formula is C12H14O4. The van der Waals surface area contributed by atoms with E-state index in [9.17, 15) is 14.7 Å². The van der Waals surface area contributed by atoms with Crippen molar-refractivity contribution in [2.75, 3.05) is 0 Å². The lowest BCUT2D eigenvalue weighted by molar-refractivity contribution is -0.138. The van der Waals surface area contributed by atoms with Gasteiger partial charge < -0.3 is 9.84 Å². The Morgan fingerprint density at radius 1 is 1.56 bits per heavy atom. The number of phenols is 1. The molecule has 0 spiro atoms. The zero-order chi connectivity index (χ0) is 12.1. The van der Waals surface area contributed by atoms with Crippen LogP contribution in [0.3, 0.4) is 0 Å². The molecule has 1 aromatic carbocycles. The highest BCUT2D eigenvalue weighted by Crippen LogP contribution is 2.23. The maximum Gasteiger partial charge on any atom is 0.314 e. The highest BCUT2D eigenvalue weighted by molar-refractivity contribution is 5.80. The lowest BCUT2D eigenvalue weighted by atomic mass is 10.1. The van der Waals surface area contributed by atoms with Crippen molar-refractivity contribution in [3.05, 3.63) is 23.8 Å². The lowest BCUT2D eigenvalue weighted by Crippen LogP contribution is -2.16. The second-order valence-corrected chi connectivity index (χ2v) is 3.57. The predicted octanol–water partition coefficient (Wildman–Crippen LogP) is 2.16. The van der Waals surface area contributed by atoms with Gasteiger partial charge in [0.1, 0.15) is 11.5 Å². The van der Waals surface area contributed by atoms with Gasteiger partial charge in [-0.05, 0) is 18.6 Å². The van der Waals surface area contributed by atoms with Crippen molar-refractivity contribution >= 4 is 12.3 Å². The molecule has 0 saturated heterocycles. The number of carbonyl (C=O) groups is 2. The van der Waals surface area contributed by atoms with Gasteiger partial charge in [0.15, 0.2) is 6.29 Å². The van der Waals surface area contributed by atoms with E-state index in [0.29, 0.717) is 12.7 Å². The monoisotopic (exact) mass is 222 g/mol. The average molecular weight is 222 g/mol. The summed E-state index contributed by atoms with van der Waals surface area (Å²) in [6, 6.07) is 4.13. The number of phenolic OH excluding ortho intramolecular Hbond substituents is 1. The molecule has 0 amide bonds. The lowest BCUT2D eigenvalue weighted by Gasteiger charge is -2.09. The van der Waals surface area contributed by atoms with Crippen LogP contribution in [0.2, 0.25) is 0 Å². The average Bonchev–Trinajstić information content (AvgIpc) is 2.28. The molecule has 4 heteroatoms. The Labute approximate surface area is 93.9 Å². The third-order valence-corrected chi connectivity index (χ3v) is 2.36. The smallest absolute Gasteiger partial charge is 0.314 e. The third-order valence-electron chi connectivity index (χ3n) is 2.36. The molecule has 0 saturated carbocycles. The Morgan fingerprint density at radius 3 is 2.75 bits per heavy atom. The van der Waals surface area contributed by atoms with E-state index in [2.05, 4.69) is 0 Å². The van der Waals surface area contributed by atoms with Crippen LogP contribution in [-0.4, -0.2) is 17.4 Å². The first-order valence-corrected chi connectivity index (χ1v) is 5.08. The fourth-order valence-corrected chi connectivity index (χ4v) is 1.07. The maximum absolute atomic E-state index is 11.4. The molecule has 0 bridgehead atoms. The SMILES string of the molecule is CCC(C)C(=O)Oc1ccc(C=O)c(O)c1. The largest absolute Gasteiger partial charge is 0.507 e. The van der Waals surface area contributed by atoms with Crippen molar-refractivity contribution in [1.29, 1.82) is 0 Å². The Morgan fingerprint density at radius 2 is 2.25 bits per heavy atom. The van der Waals surface area contributed by atoms with Crippen LogP contribution >= 0.6 is 0 Å². The number of carbonyl (C=O) groups excluding carboxylic acids is 2. The van der Waals surface area contributed by atoms with E-state index in [4.69, 9.17) is 4.74 Å². The first-order chi connectivity index (χ1) is 7.58. The Hall–Kier alpha value is -1.84. The maximum atomic E-state index is 11.4. The molecule has 1 atom stereocenters. The standard InChI is InChI=1S/C12H14O4/c1-3-8(2)12(15)16-10-5-4-9(7-13)11(14)6-10/h4-8,14H,3H2,1-2H3. The summed E-state index contributed by atoms with van der Waals surface area (Å²) in [5, 5.41) is 9.38. The number of hydrogen-bond donors (Lipinski definition) is 1. The van der Waals surface area contributed by atoms with Crippen LogP contribution in [0, 0.1) is 5.92 Å². The van der Waals surface area contributed by atoms with Gasteiger partial charge in [0.25, 0.3) is 0 Å². The van der Waals surface area contributed by atoms with Gasteiger partial charge in [-0.3, -0.25) is 9.59 Å². The topological polar surface area (TPSA) is 63.6 Å². The fourth-order valence-electron chi connectivity index (χ4n) is 1.07. The number of aldehydes is 1. The van der Waals surface area contributed by atoms with Crippen molar-refractivity contribution in [1.82, 2.24) is 0 Å². The number of hydrogen-bond acceptors (Lipinski definition) is 4. The van der Waals surface area contributed by atoms with E-state index in [1.165, 1.54) is 18.2 Å². The highest BCUT2D eigenvalue weighted by atomic mass is 16.5. The molecule has 0 aliphatic heterocycles. The second-order valence-electron chi connectivity index (χ2n) is 3.57. The number of aromatic hydroxyl groups is 1. The fraction of sp³-hybridized carbons (Fsp3) is 0.333. The summed E-state index contributed by atoms with van der Waals surface area (Å²) in [6.45, 7) is 3.65. The molecule has 0 heterocycles. The van der Waals surface area contributed by atoms with E-state index in [1.807, 2.05) is 6.92 Å². The van der Waals surface area contributed by atoms with Crippen LogP contribution in [-0.2, 0) is 4.79 Å². The molecule has 1 rings (SSSR count). The molecule has 0 aromatic heterocycles. The highest BCUT2D eigenvalue weighted by Gasteiger charge is 2.13. The molecule has 1 unspecified atom stereocenters. The Bertz CT molecular complexity index is 398. The summed E-state index contributed by atoms with van der Waals surface area (Å²) >= 11 is 0. The van der Waals surface area contributed by atoms with Crippen molar-refractivity contribution in [2.24, 2.45) is 5.92 Å². The van der Waals surface area contributed by atoms with Gasteiger partial charge in [-0.2, -0.15) is 0 Å². The molecule has 4 nitrogen and oxygen atoms in total. The Kier molecular flexibility index (Phi) is 4.05. The molecule has 0 radical (unpaired) electrons. The van der Waals surface area contributed by atoms with Gasteiger partial charge in [0.2, 0.25) is 0 Å². The molecule has 0 fully saturated rings. The van der Waals surface area contributed by atoms with Gasteiger partial charge in [-0.25, -0.2) is 0 Å². The molecule has 0 aliphatic carbocycles. The van der Waals surface area contributed by atoms with Gasteiger partial charge in [0, 0.05) is 6.07 Å². The number of ether oxygens (including phenoxy) is 1. The van der Waals surface area contributed by atoms with Crippen LogP contribution in [0.4, 0.5) is 0 Å². The summed E-state index contributed by atoms with van der Waals surface area (Å²) in [5.74, 6) is -0.480. The number of esters is 1. The van der Waals surface area contributed by atoms with Crippen molar-refractivity contribution in [3.63, 3.8) is 0 Å². The minimum atomic E-state index is -0.347. The summed E-state index contributed by atoms with van der Waals surface area (Å²) in [7, 11) is 0. The van der Waals surface area contributed by atoms with Gasteiger partial charge in [-0.15, -0.1) is 0 Å². The molecule has 86 valence electrons. The van der Waals surface area contributed by atoms with Crippen molar-refractivity contribution in [2.45, 2.75) is 20.3 Å². The third kappa shape index (κ3) is 2.82. The minimum absolute atomic E-state index is 0.170. The number of rotatable bonds is 4. The van der Waals surface area contributed by atoms with Gasteiger partial charge in [0.05, 0.1) is 11.5 Å². The molecular weight excluding hydrogens is 208 g/mol. The quantitative estimate of drug-likeness (QED) is 0.481. The summed E-state index contributed by atoms with van der Waals surface area (Å²) < 4.78 is 5.03. The van der Waals surface area contributed by atoms with E-state index in [0.717, 1.165) is 0 Å². The van der Waals surface area contributed by atoms with Crippen LogP contribution in [0.15, 0.2) is 18.2 Å². The van der Waals surface area contributed by atoms with E-state index in [1.54, 1.807) is 6.92 Å².